The first-order chi connectivity index (χ1) is 20.8. The van der Waals surface area contributed by atoms with Gasteiger partial charge in [-0.1, -0.05) is 39.0 Å². The SMILES string of the molecule is Cc1nc(F)ccc1C(Nc1cc(C#N)c2ncc(C#N)c(NCC3C(C)(C)C3(C)C)c2c1)c1cn(C2(C(F)F)CC2)nn1. The van der Waals surface area contributed by atoms with E-state index in [1.54, 1.807) is 25.1 Å². The Labute approximate surface area is 253 Å². The fraction of sp³-hybridized carbons (Fsp3) is 0.438. The summed E-state index contributed by atoms with van der Waals surface area (Å²) in [5.41, 5.74) is 2.22. The predicted molar refractivity (Wildman–Crippen MR) is 158 cm³/mol. The molecular formula is C32H32F3N9. The second-order valence-electron chi connectivity index (χ2n) is 12.9. The molecule has 0 bridgehead atoms. The quantitative estimate of drug-likeness (QED) is 0.210. The van der Waals surface area contributed by atoms with Crippen LogP contribution in [0, 0.1) is 52.3 Å². The van der Waals surface area contributed by atoms with Gasteiger partial charge >= 0.3 is 0 Å². The number of hydrogen-bond acceptors (Lipinski definition) is 8. The minimum Gasteiger partial charge on any atom is -0.383 e. The van der Waals surface area contributed by atoms with Gasteiger partial charge in [-0.3, -0.25) is 4.98 Å². The van der Waals surface area contributed by atoms with Crippen LogP contribution in [0.3, 0.4) is 0 Å². The third-order valence-corrected chi connectivity index (χ3v) is 10.2. The molecular weight excluding hydrogens is 567 g/mol. The van der Waals surface area contributed by atoms with Crippen molar-refractivity contribution in [3.05, 3.63) is 70.7 Å². The largest absolute Gasteiger partial charge is 0.383 e. The summed E-state index contributed by atoms with van der Waals surface area (Å²) in [6.45, 7) is 11.2. The number of aromatic nitrogens is 5. The highest BCUT2D eigenvalue weighted by Gasteiger charge is 2.64. The van der Waals surface area contributed by atoms with Crippen LogP contribution in [0.5, 0.6) is 0 Å². The zero-order valence-corrected chi connectivity index (χ0v) is 25.1. The van der Waals surface area contributed by atoms with Gasteiger partial charge in [-0.05, 0) is 54.7 Å². The molecule has 44 heavy (non-hydrogen) atoms. The number of anilines is 2. The number of pyridine rings is 2. The van der Waals surface area contributed by atoms with E-state index in [-0.39, 0.29) is 29.2 Å². The lowest BCUT2D eigenvalue weighted by molar-refractivity contribution is 0.0593. The second kappa shape index (κ2) is 10.2. The van der Waals surface area contributed by atoms with Gasteiger partial charge < -0.3 is 10.6 Å². The third-order valence-electron chi connectivity index (χ3n) is 10.2. The average Bonchev–Trinajstić information content (AvgIpc) is 3.76. The van der Waals surface area contributed by atoms with Crippen LogP contribution < -0.4 is 10.6 Å². The number of hydrogen-bond donors (Lipinski definition) is 2. The number of rotatable bonds is 9. The van der Waals surface area contributed by atoms with E-state index < -0.39 is 24.0 Å². The van der Waals surface area contributed by atoms with Crippen molar-refractivity contribution in [1.82, 2.24) is 25.0 Å². The third kappa shape index (κ3) is 4.60. The van der Waals surface area contributed by atoms with Crippen LogP contribution >= 0.6 is 0 Å². The smallest absolute Gasteiger partial charge is 0.263 e. The van der Waals surface area contributed by atoms with E-state index >= 15 is 0 Å². The molecule has 0 aliphatic heterocycles. The number of aryl methyl sites for hydroxylation is 1. The molecule has 0 spiro atoms. The fourth-order valence-electron chi connectivity index (χ4n) is 6.42. The molecule has 2 saturated carbocycles. The lowest BCUT2D eigenvalue weighted by atomic mass is 10.0. The highest BCUT2D eigenvalue weighted by Crippen LogP contribution is 2.68. The number of alkyl halides is 2. The van der Waals surface area contributed by atoms with Crippen LogP contribution in [0.2, 0.25) is 0 Å². The summed E-state index contributed by atoms with van der Waals surface area (Å²) in [4.78, 5) is 8.39. The van der Waals surface area contributed by atoms with Gasteiger partial charge in [0.2, 0.25) is 5.95 Å². The van der Waals surface area contributed by atoms with E-state index in [1.165, 1.54) is 23.1 Å². The minimum atomic E-state index is -2.60. The maximum Gasteiger partial charge on any atom is 0.263 e. The Morgan fingerprint density at radius 2 is 1.77 bits per heavy atom. The molecule has 0 amide bonds. The van der Waals surface area contributed by atoms with Crippen molar-refractivity contribution in [1.29, 1.82) is 10.5 Å². The van der Waals surface area contributed by atoms with Gasteiger partial charge in [-0.2, -0.15) is 14.9 Å². The standard InChI is InChI=1S/C32H32F3N9/c1-17-21(6-7-25(33)40-17)28(23-16-44(43-42-23)32(8-9-32)29(34)35)41-20-10-18(12-36)26-22(11-20)27(19(13-37)14-38-26)39-15-24-30(2,3)31(24,4)5/h6-7,10-11,14,16,24,28-29,41H,8-9,15H2,1-5H3,(H,38,39). The lowest BCUT2D eigenvalue weighted by Gasteiger charge is -2.21. The molecule has 4 aromatic rings. The van der Waals surface area contributed by atoms with E-state index in [0.29, 0.717) is 57.3 Å². The van der Waals surface area contributed by atoms with Gasteiger partial charge in [0.25, 0.3) is 6.43 Å². The minimum absolute atomic E-state index is 0.120. The molecule has 1 unspecified atom stereocenters. The monoisotopic (exact) mass is 599 g/mol. The van der Waals surface area contributed by atoms with E-state index in [2.05, 4.69) is 70.7 Å². The molecule has 12 heteroatoms. The van der Waals surface area contributed by atoms with E-state index in [1.807, 2.05) is 0 Å². The Morgan fingerprint density at radius 3 is 2.36 bits per heavy atom. The molecule has 3 aromatic heterocycles. The summed E-state index contributed by atoms with van der Waals surface area (Å²) >= 11 is 0. The molecule has 9 nitrogen and oxygen atoms in total. The number of fused-ring (bicyclic) bond motifs is 1. The highest BCUT2D eigenvalue weighted by atomic mass is 19.3. The summed E-state index contributed by atoms with van der Waals surface area (Å²) in [7, 11) is 0. The topological polar surface area (TPSA) is 128 Å². The van der Waals surface area contributed by atoms with Crippen LogP contribution in [0.15, 0.2) is 36.7 Å². The zero-order chi connectivity index (χ0) is 31.6. The molecule has 0 radical (unpaired) electrons. The van der Waals surface area contributed by atoms with Crippen molar-refractivity contribution in [2.75, 3.05) is 17.2 Å². The molecule has 1 atom stereocenters. The Morgan fingerprint density at radius 1 is 1.07 bits per heavy atom. The second-order valence-corrected chi connectivity index (χ2v) is 12.9. The van der Waals surface area contributed by atoms with E-state index in [4.69, 9.17) is 0 Å². The van der Waals surface area contributed by atoms with Gasteiger partial charge in [0.15, 0.2) is 0 Å². The van der Waals surface area contributed by atoms with Gasteiger partial charge in [0, 0.05) is 35.1 Å². The molecule has 2 N–H and O–H groups in total. The molecule has 2 aliphatic rings. The summed E-state index contributed by atoms with van der Waals surface area (Å²) in [5, 5.41) is 35.7. The molecule has 6 rings (SSSR count). The van der Waals surface area contributed by atoms with Gasteiger partial charge in [0.1, 0.15) is 23.4 Å². The number of nitrogens with zero attached hydrogens (tertiary/aromatic N) is 7. The van der Waals surface area contributed by atoms with Crippen LogP contribution in [0.1, 0.15) is 74.7 Å². The van der Waals surface area contributed by atoms with Crippen molar-refractivity contribution in [3.8, 4) is 12.1 Å². The first-order valence-electron chi connectivity index (χ1n) is 14.5. The van der Waals surface area contributed by atoms with Crippen molar-refractivity contribution >= 4 is 22.3 Å². The Bertz CT molecular complexity index is 1850. The molecule has 226 valence electrons. The number of benzene rings is 1. The highest BCUT2D eigenvalue weighted by molar-refractivity contribution is 5.99. The molecule has 2 aliphatic carbocycles. The summed E-state index contributed by atoms with van der Waals surface area (Å²) in [5.74, 6) is -0.293. The van der Waals surface area contributed by atoms with Gasteiger partial charge in [-0.25, -0.2) is 18.4 Å². The van der Waals surface area contributed by atoms with Gasteiger partial charge in [-0.15, -0.1) is 5.10 Å². The first-order valence-corrected chi connectivity index (χ1v) is 14.5. The molecule has 1 aromatic carbocycles. The molecule has 0 saturated heterocycles. The van der Waals surface area contributed by atoms with Crippen LogP contribution in [-0.2, 0) is 5.54 Å². The number of halogens is 3. The fourth-order valence-corrected chi connectivity index (χ4v) is 6.42. The number of nitriles is 2. The maximum atomic E-state index is 14.0. The normalized spacial score (nSPS) is 18.4. The van der Waals surface area contributed by atoms with Crippen molar-refractivity contribution in [2.45, 2.75) is 65.5 Å². The zero-order valence-electron chi connectivity index (χ0n) is 25.1. The summed E-state index contributed by atoms with van der Waals surface area (Å²) in [6.07, 6.45) is 0.924. The summed E-state index contributed by atoms with van der Waals surface area (Å²) in [6, 6.07) is 9.84. The Balaban J connectivity index is 1.43. The lowest BCUT2D eigenvalue weighted by Crippen LogP contribution is -2.26. The van der Waals surface area contributed by atoms with E-state index in [0.717, 1.165) is 0 Å². The van der Waals surface area contributed by atoms with Crippen molar-refractivity contribution < 1.29 is 13.2 Å². The Kier molecular flexibility index (Phi) is 6.80. The van der Waals surface area contributed by atoms with E-state index in [9.17, 15) is 23.7 Å². The van der Waals surface area contributed by atoms with Crippen LogP contribution in [0.4, 0.5) is 24.5 Å². The first kappa shape index (κ1) is 29.4. The molecule has 3 heterocycles. The Hall–Kier alpha value is -4.71. The summed E-state index contributed by atoms with van der Waals surface area (Å²) < 4.78 is 42.9. The predicted octanol–water partition coefficient (Wildman–Crippen LogP) is 6.46. The van der Waals surface area contributed by atoms with Crippen molar-refractivity contribution in [3.63, 3.8) is 0 Å². The van der Waals surface area contributed by atoms with Crippen molar-refractivity contribution in [2.24, 2.45) is 16.7 Å². The van der Waals surface area contributed by atoms with Crippen LogP contribution in [0.25, 0.3) is 10.9 Å². The average molecular weight is 600 g/mol. The van der Waals surface area contributed by atoms with Gasteiger partial charge in [0.05, 0.1) is 34.6 Å². The molecule has 2 fully saturated rings. The van der Waals surface area contributed by atoms with Crippen LogP contribution in [-0.4, -0.2) is 37.9 Å². The maximum absolute atomic E-state index is 14.0. The number of nitrogens with one attached hydrogen (secondary N) is 2.